The topological polar surface area (TPSA) is 136 Å². The standard InChI is InChI=1S/C31H26F4N6O4S/c1-37-29(42)27-20-11-19(22-8-7-16-9-10-41-23-6-4-5-21(32)18(23)12-25(41)28(16)39-22)24(40(2)46(3,43)44)13-26(20)45-30(27)38-15-17(14-36)31(33,34)35/h4-8,11-15H,9-10,36H2,1-3H3,(H,37,42). The summed E-state index contributed by atoms with van der Waals surface area (Å²) in [5.74, 6) is -1.53. The minimum atomic E-state index is -4.81. The first-order chi connectivity index (χ1) is 21.7. The highest BCUT2D eigenvalue weighted by Crippen LogP contribution is 2.42. The van der Waals surface area contributed by atoms with Crippen LogP contribution in [0.3, 0.4) is 0 Å². The second-order valence-electron chi connectivity index (χ2n) is 10.6. The molecule has 238 valence electrons. The van der Waals surface area contributed by atoms with Crippen LogP contribution < -0.4 is 15.4 Å². The summed E-state index contributed by atoms with van der Waals surface area (Å²) in [6.07, 6.45) is -2.43. The number of anilines is 1. The van der Waals surface area contributed by atoms with Crippen LogP contribution in [0.25, 0.3) is 44.5 Å². The number of rotatable bonds is 6. The van der Waals surface area contributed by atoms with Gasteiger partial charge in [-0.3, -0.25) is 9.10 Å². The number of aromatic nitrogens is 2. The molecule has 0 saturated carbocycles. The van der Waals surface area contributed by atoms with E-state index in [0.29, 0.717) is 53.4 Å². The van der Waals surface area contributed by atoms with Crippen molar-refractivity contribution in [2.75, 3.05) is 24.7 Å². The third kappa shape index (κ3) is 5.15. The molecular weight excluding hydrogens is 628 g/mol. The third-order valence-corrected chi connectivity index (χ3v) is 9.09. The number of nitrogens with one attached hydrogen (secondary N) is 1. The van der Waals surface area contributed by atoms with E-state index < -0.39 is 33.6 Å². The maximum Gasteiger partial charge on any atom is 0.419 e. The molecule has 0 bridgehead atoms. The van der Waals surface area contributed by atoms with E-state index in [9.17, 15) is 30.8 Å². The zero-order valence-corrected chi connectivity index (χ0v) is 25.4. The highest BCUT2D eigenvalue weighted by Gasteiger charge is 2.33. The van der Waals surface area contributed by atoms with Crippen LogP contribution >= 0.6 is 0 Å². The Kier molecular flexibility index (Phi) is 7.38. The van der Waals surface area contributed by atoms with Gasteiger partial charge in [0.25, 0.3) is 5.91 Å². The van der Waals surface area contributed by atoms with Gasteiger partial charge in [0, 0.05) is 55.5 Å². The lowest BCUT2D eigenvalue weighted by Crippen LogP contribution is -2.25. The van der Waals surface area contributed by atoms with Gasteiger partial charge in [-0.25, -0.2) is 22.8 Å². The second kappa shape index (κ2) is 11.0. The van der Waals surface area contributed by atoms with Gasteiger partial charge in [0.05, 0.1) is 40.1 Å². The number of carbonyl (C=O) groups is 1. The van der Waals surface area contributed by atoms with Gasteiger partial charge in [-0.15, -0.1) is 0 Å². The largest absolute Gasteiger partial charge is 0.437 e. The SMILES string of the molecule is CNC(=O)c1c(N=CC(=CN)C(F)(F)F)oc2cc(N(C)S(C)(=O)=O)c(-c3ccc4c(n3)-c3cc5c(F)cccc5n3CC4)cc12. The Morgan fingerprint density at radius 2 is 1.93 bits per heavy atom. The number of nitrogens with zero attached hydrogens (tertiary/aromatic N) is 4. The Morgan fingerprint density at radius 1 is 1.17 bits per heavy atom. The molecular formula is C31H26F4N6O4S. The van der Waals surface area contributed by atoms with Crippen LogP contribution in [0.5, 0.6) is 0 Å². The van der Waals surface area contributed by atoms with Crippen LogP contribution in [0.15, 0.2) is 69.7 Å². The molecule has 46 heavy (non-hydrogen) atoms. The van der Waals surface area contributed by atoms with E-state index in [0.717, 1.165) is 16.1 Å². The maximum absolute atomic E-state index is 14.7. The number of aliphatic imine (C=N–C) groups is 1. The van der Waals surface area contributed by atoms with E-state index >= 15 is 0 Å². The summed E-state index contributed by atoms with van der Waals surface area (Å²) in [7, 11) is -1.20. The predicted molar refractivity (Wildman–Crippen MR) is 167 cm³/mol. The molecule has 6 rings (SSSR count). The number of amides is 1. The Bertz CT molecular complexity index is 2240. The lowest BCUT2D eigenvalue weighted by molar-refractivity contribution is -0.0857. The molecule has 0 aliphatic carbocycles. The van der Waals surface area contributed by atoms with Gasteiger partial charge in [-0.1, -0.05) is 12.1 Å². The van der Waals surface area contributed by atoms with Crippen LogP contribution in [-0.2, 0) is 23.0 Å². The number of fused-ring (bicyclic) bond motifs is 6. The molecule has 2 aromatic carbocycles. The number of hydrogen-bond acceptors (Lipinski definition) is 7. The fourth-order valence-corrected chi connectivity index (χ4v) is 6.03. The molecule has 5 aromatic rings. The summed E-state index contributed by atoms with van der Waals surface area (Å²) in [5.41, 5.74) is 7.26. The van der Waals surface area contributed by atoms with Crippen molar-refractivity contribution in [3.05, 3.63) is 77.2 Å². The smallest absolute Gasteiger partial charge is 0.419 e. The van der Waals surface area contributed by atoms with E-state index in [1.807, 2.05) is 16.7 Å². The Hall–Kier alpha value is -5.18. The van der Waals surface area contributed by atoms with Crippen molar-refractivity contribution in [3.8, 4) is 22.6 Å². The minimum absolute atomic E-state index is 0.0150. The van der Waals surface area contributed by atoms with E-state index in [2.05, 4.69) is 10.3 Å². The summed E-state index contributed by atoms with van der Waals surface area (Å²) in [4.78, 5) is 21.7. The number of halogens is 4. The van der Waals surface area contributed by atoms with Crippen LogP contribution in [-0.4, -0.2) is 56.6 Å². The van der Waals surface area contributed by atoms with Crippen LogP contribution in [0.4, 0.5) is 29.1 Å². The fraction of sp³-hybridized carbons (Fsp3) is 0.194. The van der Waals surface area contributed by atoms with E-state index in [1.54, 1.807) is 18.2 Å². The molecule has 0 fully saturated rings. The van der Waals surface area contributed by atoms with Crippen molar-refractivity contribution < 1.29 is 35.2 Å². The minimum Gasteiger partial charge on any atom is -0.437 e. The fourth-order valence-electron chi connectivity index (χ4n) is 5.52. The van der Waals surface area contributed by atoms with Gasteiger partial charge in [0.15, 0.2) is 0 Å². The number of nitrogens with two attached hydrogens (primary N) is 1. The monoisotopic (exact) mass is 654 g/mol. The molecule has 4 heterocycles. The number of benzene rings is 2. The normalized spacial score (nSPS) is 13.8. The molecule has 10 nitrogen and oxygen atoms in total. The molecule has 0 radical (unpaired) electrons. The van der Waals surface area contributed by atoms with E-state index in [-0.39, 0.29) is 33.6 Å². The predicted octanol–water partition coefficient (Wildman–Crippen LogP) is 5.67. The molecule has 0 atom stereocenters. The number of allylic oxidation sites excluding steroid dienone is 1. The molecule has 3 N–H and O–H groups in total. The summed E-state index contributed by atoms with van der Waals surface area (Å²) in [6, 6.07) is 13.0. The van der Waals surface area contributed by atoms with Gasteiger partial charge < -0.3 is 20.0 Å². The van der Waals surface area contributed by atoms with E-state index in [4.69, 9.17) is 15.1 Å². The van der Waals surface area contributed by atoms with Gasteiger partial charge in [-0.2, -0.15) is 13.2 Å². The highest BCUT2D eigenvalue weighted by atomic mass is 32.2. The van der Waals surface area contributed by atoms with Gasteiger partial charge in [0.2, 0.25) is 15.9 Å². The van der Waals surface area contributed by atoms with Crippen molar-refractivity contribution in [1.82, 2.24) is 14.9 Å². The molecule has 3 aromatic heterocycles. The van der Waals surface area contributed by atoms with Gasteiger partial charge in [-0.05, 0) is 42.3 Å². The Morgan fingerprint density at radius 3 is 2.61 bits per heavy atom. The zero-order valence-electron chi connectivity index (χ0n) is 24.6. The van der Waals surface area contributed by atoms with Gasteiger partial charge >= 0.3 is 6.18 Å². The molecule has 0 saturated heterocycles. The molecule has 0 unspecified atom stereocenters. The molecule has 1 aliphatic rings. The average Bonchev–Trinajstić information content (AvgIpc) is 3.57. The van der Waals surface area contributed by atoms with Gasteiger partial charge in [0.1, 0.15) is 17.0 Å². The van der Waals surface area contributed by atoms with Crippen molar-refractivity contribution in [2.45, 2.75) is 19.1 Å². The third-order valence-electron chi connectivity index (χ3n) is 7.90. The molecule has 1 amide bonds. The number of furan rings is 1. The average molecular weight is 655 g/mol. The lowest BCUT2D eigenvalue weighted by Gasteiger charge is -2.22. The van der Waals surface area contributed by atoms with Crippen molar-refractivity contribution >= 4 is 55.6 Å². The number of hydrogen-bond donors (Lipinski definition) is 2. The lowest BCUT2D eigenvalue weighted by atomic mass is 9.99. The number of aryl methyl sites for hydroxylation is 2. The highest BCUT2D eigenvalue weighted by molar-refractivity contribution is 7.92. The second-order valence-corrected chi connectivity index (χ2v) is 12.7. The first kappa shape index (κ1) is 30.8. The maximum atomic E-state index is 14.7. The number of alkyl halides is 3. The number of carbonyl (C=O) groups excluding carboxylic acids is 1. The zero-order chi connectivity index (χ0) is 33.1. The molecule has 1 aliphatic heterocycles. The van der Waals surface area contributed by atoms with Crippen molar-refractivity contribution in [3.63, 3.8) is 0 Å². The van der Waals surface area contributed by atoms with Crippen LogP contribution in [0.2, 0.25) is 0 Å². The van der Waals surface area contributed by atoms with Crippen LogP contribution in [0, 0.1) is 5.82 Å². The quantitative estimate of drug-likeness (QED) is 0.179. The van der Waals surface area contributed by atoms with E-state index in [1.165, 1.54) is 32.3 Å². The van der Waals surface area contributed by atoms with Crippen LogP contribution in [0.1, 0.15) is 15.9 Å². The van der Waals surface area contributed by atoms with Crippen molar-refractivity contribution in [1.29, 1.82) is 0 Å². The first-order valence-electron chi connectivity index (χ1n) is 13.8. The summed E-state index contributed by atoms with van der Waals surface area (Å²) in [6.45, 7) is 0.605. The number of pyridine rings is 1. The number of sulfonamides is 1. The Balaban J connectivity index is 1.60. The summed E-state index contributed by atoms with van der Waals surface area (Å²) in [5, 5.41) is 3.02. The summed E-state index contributed by atoms with van der Waals surface area (Å²) >= 11 is 0. The molecule has 15 heteroatoms. The Labute approximate surface area is 259 Å². The molecule has 0 spiro atoms. The summed E-state index contributed by atoms with van der Waals surface area (Å²) < 4.78 is 88.8. The first-order valence-corrected chi connectivity index (χ1v) is 15.7. The van der Waals surface area contributed by atoms with Crippen molar-refractivity contribution in [2.24, 2.45) is 10.7 Å².